The van der Waals surface area contributed by atoms with Crippen LogP contribution in [0.25, 0.3) is 0 Å². The maximum atomic E-state index is 13.7. The first-order chi connectivity index (χ1) is 8.59. The van der Waals surface area contributed by atoms with Crippen LogP contribution in [0.3, 0.4) is 0 Å². The highest BCUT2D eigenvalue weighted by molar-refractivity contribution is 9.10. The molecule has 0 saturated heterocycles. The summed E-state index contributed by atoms with van der Waals surface area (Å²) < 4.78 is 27.5. The lowest BCUT2D eigenvalue weighted by atomic mass is 10.0. The molecule has 0 fully saturated rings. The molecule has 0 bridgehead atoms. The molecule has 1 aromatic heterocycles. The molecule has 18 heavy (non-hydrogen) atoms. The summed E-state index contributed by atoms with van der Waals surface area (Å²) in [6, 6.07) is 4.27. The van der Waals surface area contributed by atoms with Crippen molar-refractivity contribution in [1.82, 2.24) is 4.98 Å². The van der Waals surface area contributed by atoms with Crippen LogP contribution in [-0.2, 0) is 12.8 Å². The van der Waals surface area contributed by atoms with E-state index in [1.54, 1.807) is 18.5 Å². The Bertz CT molecular complexity index is 573. The summed E-state index contributed by atoms with van der Waals surface area (Å²) in [4.78, 5) is 3.94. The number of nitrogens with two attached hydrogens (primary N) is 1. The van der Waals surface area contributed by atoms with Gasteiger partial charge >= 0.3 is 0 Å². The zero-order valence-electron chi connectivity index (χ0n) is 9.46. The smallest absolute Gasteiger partial charge is 0.143 e. The van der Waals surface area contributed by atoms with Crippen molar-refractivity contribution in [3.05, 3.63) is 57.8 Å². The Morgan fingerprint density at radius 2 is 1.94 bits per heavy atom. The maximum absolute atomic E-state index is 13.7. The van der Waals surface area contributed by atoms with E-state index in [1.165, 1.54) is 12.1 Å². The van der Waals surface area contributed by atoms with Crippen molar-refractivity contribution >= 4 is 21.6 Å². The molecule has 2 nitrogen and oxygen atoms in total. The minimum Gasteiger partial charge on any atom is -0.398 e. The number of benzene rings is 1. The van der Waals surface area contributed by atoms with Crippen LogP contribution < -0.4 is 5.73 Å². The normalized spacial score (nSPS) is 10.6. The Labute approximate surface area is 112 Å². The molecule has 0 aliphatic rings. The first kappa shape index (κ1) is 13.0. The van der Waals surface area contributed by atoms with Crippen LogP contribution in [0.4, 0.5) is 14.5 Å². The van der Waals surface area contributed by atoms with Crippen LogP contribution in [0.1, 0.15) is 11.1 Å². The van der Waals surface area contributed by atoms with Crippen molar-refractivity contribution in [3.8, 4) is 0 Å². The average molecular weight is 313 g/mol. The van der Waals surface area contributed by atoms with Gasteiger partial charge in [0.2, 0.25) is 0 Å². The standard InChI is InChI=1S/C13H11BrF2N2/c14-10-3-4-11(15)9(13(10)16)2-1-8-7-18-6-5-12(8)17/h3-7H,1-2H2,(H2,17,18). The third-order valence-electron chi connectivity index (χ3n) is 2.72. The minimum absolute atomic E-state index is 0.0626. The molecule has 94 valence electrons. The zero-order valence-corrected chi connectivity index (χ0v) is 11.0. The van der Waals surface area contributed by atoms with Crippen molar-refractivity contribution in [1.29, 1.82) is 0 Å². The van der Waals surface area contributed by atoms with Crippen LogP contribution in [0.5, 0.6) is 0 Å². The number of aryl methyl sites for hydroxylation is 1. The van der Waals surface area contributed by atoms with E-state index >= 15 is 0 Å². The van der Waals surface area contributed by atoms with Gasteiger partial charge < -0.3 is 5.73 Å². The second-order valence-corrected chi connectivity index (χ2v) is 4.75. The van der Waals surface area contributed by atoms with Crippen LogP contribution in [0.2, 0.25) is 0 Å². The molecule has 2 aromatic rings. The Morgan fingerprint density at radius 3 is 2.67 bits per heavy atom. The van der Waals surface area contributed by atoms with E-state index in [9.17, 15) is 8.78 Å². The Kier molecular flexibility index (Phi) is 3.91. The zero-order chi connectivity index (χ0) is 13.1. The van der Waals surface area contributed by atoms with Gasteiger partial charge in [0, 0.05) is 23.6 Å². The molecule has 0 atom stereocenters. The minimum atomic E-state index is -0.558. The lowest BCUT2D eigenvalue weighted by Gasteiger charge is -2.08. The monoisotopic (exact) mass is 312 g/mol. The van der Waals surface area contributed by atoms with Crippen LogP contribution in [0.15, 0.2) is 35.1 Å². The molecular weight excluding hydrogens is 302 g/mol. The SMILES string of the molecule is Nc1ccncc1CCc1c(F)ccc(Br)c1F. The predicted octanol–water partition coefficient (Wildman–Crippen LogP) is 3.49. The van der Waals surface area contributed by atoms with Gasteiger partial charge in [-0.05, 0) is 52.5 Å². The summed E-state index contributed by atoms with van der Waals surface area (Å²) in [5.74, 6) is -1.10. The predicted molar refractivity (Wildman–Crippen MR) is 70.1 cm³/mol. The van der Waals surface area contributed by atoms with Gasteiger partial charge in [-0.2, -0.15) is 0 Å². The Morgan fingerprint density at radius 1 is 1.17 bits per heavy atom. The summed E-state index contributed by atoms with van der Waals surface area (Å²) in [6.07, 6.45) is 3.89. The van der Waals surface area contributed by atoms with E-state index in [2.05, 4.69) is 20.9 Å². The van der Waals surface area contributed by atoms with Crippen molar-refractivity contribution in [2.45, 2.75) is 12.8 Å². The first-order valence-corrected chi connectivity index (χ1v) is 6.19. The van der Waals surface area contributed by atoms with Crippen LogP contribution >= 0.6 is 15.9 Å². The van der Waals surface area contributed by atoms with Gasteiger partial charge in [-0.3, -0.25) is 4.98 Å². The van der Waals surface area contributed by atoms with Crippen molar-refractivity contribution < 1.29 is 8.78 Å². The van der Waals surface area contributed by atoms with Gasteiger partial charge in [0.05, 0.1) is 4.47 Å². The number of hydrogen-bond acceptors (Lipinski definition) is 2. The third kappa shape index (κ3) is 2.67. The molecule has 2 N–H and O–H groups in total. The fourth-order valence-corrected chi connectivity index (χ4v) is 2.08. The number of aromatic nitrogens is 1. The van der Waals surface area contributed by atoms with Gasteiger partial charge in [0.25, 0.3) is 0 Å². The highest BCUT2D eigenvalue weighted by Gasteiger charge is 2.12. The van der Waals surface area contributed by atoms with E-state index in [0.717, 1.165) is 5.56 Å². The van der Waals surface area contributed by atoms with Gasteiger partial charge in [0.1, 0.15) is 11.6 Å². The highest BCUT2D eigenvalue weighted by atomic mass is 79.9. The van der Waals surface area contributed by atoms with Gasteiger partial charge in [-0.15, -0.1) is 0 Å². The molecule has 1 heterocycles. The number of nitrogen functional groups attached to an aromatic ring is 1. The van der Waals surface area contributed by atoms with Crippen molar-refractivity contribution in [3.63, 3.8) is 0 Å². The molecule has 0 spiro atoms. The number of hydrogen-bond donors (Lipinski definition) is 1. The largest absolute Gasteiger partial charge is 0.398 e. The summed E-state index contributed by atoms with van der Waals surface area (Å²) in [5.41, 5.74) is 7.19. The topological polar surface area (TPSA) is 38.9 Å². The highest BCUT2D eigenvalue weighted by Crippen LogP contribution is 2.23. The third-order valence-corrected chi connectivity index (χ3v) is 3.34. The molecule has 0 unspecified atom stereocenters. The van der Waals surface area contributed by atoms with Crippen molar-refractivity contribution in [2.24, 2.45) is 0 Å². The van der Waals surface area contributed by atoms with E-state index in [0.29, 0.717) is 12.1 Å². The van der Waals surface area contributed by atoms with E-state index in [4.69, 9.17) is 5.73 Å². The number of rotatable bonds is 3. The van der Waals surface area contributed by atoms with Crippen LogP contribution in [-0.4, -0.2) is 4.98 Å². The molecule has 1 aromatic carbocycles. The van der Waals surface area contributed by atoms with Gasteiger partial charge in [-0.1, -0.05) is 0 Å². The van der Waals surface area contributed by atoms with Gasteiger partial charge in [0.15, 0.2) is 0 Å². The molecule has 0 saturated carbocycles. The molecule has 2 rings (SSSR count). The van der Waals surface area contributed by atoms with E-state index in [1.807, 2.05) is 0 Å². The number of anilines is 1. The molecule has 0 aliphatic carbocycles. The second-order valence-electron chi connectivity index (χ2n) is 3.90. The lowest BCUT2D eigenvalue weighted by Crippen LogP contribution is -2.02. The average Bonchev–Trinajstić information content (AvgIpc) is 2.36. The lowest BCUT2D eigenvalue weighted by molar-refractivity contribution is 0.550. The first-order valence-electron chi connectivity index (χ1n) is 5.40. The molecule has 0 radical (unpaired) electrons. The number of pyridine rings is 1. The number of halogens is 3. The quantitative estimate of drug-likeness (QED) is 0.881. The Hall–Kier alpha value is -1.49. The number of nitrogens with zero attached hydrogens (tertiary/aromatic N) is 1. The fraction of sp³-hybridized carbons (Fsp3) is 0.154. The maximum Gasteiger partial charge on any atom is 0.143 e. The molecule has 5 heteroatoms. The molecule has 0 aliphatic heterocycles. The molecule has 0 amide bonds. The second kappa shape index (κ2) is 5.44. The van der Waals surface area contributed by atoms with Crippen molar-refractivity contribution in [2.75, 3.05) is 5.73 Å². The van der Waals surface area contributed by atoms with E-state index < -0.39 is 11.6 Å². The fourth-order valence-electron chi connectivity index (χ4n) is 1.70. The summed E-state index contributed by atoms with van der Waals surface area (Å²) in [5, 5.41) is 0. The van der Waals surface area contributed by atoms with Gasteiger partial charge in [-0.25, -0.2) is 8.78 Å². The summed E-state index contributed by atoms with van der Waals surface area (Å²) >= 11 is 3.04. The Balaban J connectivity index is 2.21. The molecular formula is C13H11BrF2N2. The summed E-state index contributed by atoms with van der Waals surface area (Å²) in [7, 11) is 0. The van der Waals surface area contributed by atoms with Crippen LogP contribution in [0, 0.1) is 11.6 Å². The summed E-state index contributed by atoms with van der Waals surface area (Å²) in [6.45, 7) is 0. The van der Waals surface area contributed by atoms with E-state index in [-0.39, 0.29) is 16.5 Å².